The van der Waals surface area contributed by atoms with Crippen LogP contribution in [0, 0.1) is 5.92 Å². The second-order valence-electron chi connectivity index (χ2n) is 5.26. The third kappa shape index (κ3) is 6.17. The molecule has 0 aromatic carbocycles. The van der Waals surface area contributed by atoms with Crippen LogP contribution in [-0.4, -0.2) is 38.3 Å². The van der Waals surface area contributed by atoms with Crippen LogP contribution in [0.15, 0.2) is 31.0 Å². The fraction of sp³-hybridized carbons (Fsp3) is 0.562. The maximum absolute atomic E-state index is 5.16. The molecule has 0 aliphatic rings. The van der Waals surface area contributed by atoms with Crippen molar-refractivity contribution in [1.29, 1.82) is 0 Å². The maximum atomic E-state index is 5.16. The first-order valence-electron chi connectivity index (χ1n) is 7.17. The third-order valence-corrected chi connectivity index (χ3v) is 2.94. The Morgan fingerprint density at radius 3 is 2.95 bits per heavy atom. The number of anilines is 1. The SMILES string of the molecule is C=CCN(CCOC)c1ccnc(CNCC(C)C)c1. The van der Waals surface area contributed by atoms with Gasteiger partial charge in [-0.05, 0) is 24.6 Å². The molecule has 0 spiro atoms. The molecule has 0 bridgehead atoms. The normalized spacial score (nSPS) is 10.8. The summed E-state index contributed by atoms with van der Waals surface area (Å²) >= 11 is 0. The summed E-state index contributed by atoms with van der Waals surface area (Å²) in [5, 5.41) is 3.42. The molecule has 112 valence electrons. The molecular formula is C16H27N3O. The van der Waals surface area contributed by atoms with Gasteiger partial charge in [0.25, 0.3) is 0 Å². The summed E-state index contributed by atoms with van der Waals surface area (Å²) in [6.45, 7) is 12.4. The molecule has 0 atom stereocenters. The highest BCUT2D eigenvalue weighted by molar-refractivity contribution is 5.47. The van der Waals surface area contributed by atoms with Gasteiger partial charge in [0, 0.05) is 38.6 Å². The quantitative estimate of drug-likeness (QED) is 0.667. The molecule has 4 heteroatoms. The molecule has 1 N–H and O–H groups in total. The van der Waals surface area contributed by atoms with Gasteiger partial charge in [0.15, 0.2) is 0 Å². The Bertz CT molecular complexity index is 393. The number of nitrogens with one attached hydrogen (secondary N) is 1. The lowest BCUT2D eigenvalue weighted by atomic mass is 10.2. The number of rotatable bonds is 10. The lowest BCUT2D eigenvalue weighted by Crippen LogP contribution is -2.27. The van der Waals surface area contributed by atoms with Gasteiger partial charge in [-0.25, -0.2) is 0 Å². The van der Waals surface area contributed by atoms with Crippen molar-refractivity contribution in [3.05, 3.63) is 36.7 Å². The van der Waals surface area contributed by atoms with Crippen molar-refractivity contribution in [2.24, 2.45) is 5.92 Å². The average molecular weight is 277 g/mol. The monoisotopic (exact) mass is 277 g/mol. The van der Waals surface area contributed by atoms with Gasteiger partial charge in [-0.2, -0.15) is 0 Å². The largest absolute Gasteiger partial charge is 0.383 e. The minimum absolute atomic E-state index is 0.650. The fourth-order valence-corrected chi connectivity index (χ4v) is 1.93. The fourth-order valence-electron chi connectivity index (χ4n) is 1.93. The predicted octanol–water partition coefficient (Wildman–Crippen LogP) is 2.47. The van der Waals surface area contributed by atoms with E-state index >= 15 is 0 Å². The molecule has 0 aliphatic carbocycles. The van der Waals surface area contributed by atoms with Gasteiger partial charge in [0.1, 0.15) is 0 Å². The maximum Gasteiger partial charge on any atom is 0.0637 e. The van der Waals surface area contributed by atoms with Crippen LogP contribution in [0.1, 0.15) is 19.5 Å². The van der Waals surface area contributed by atoms with Crippen molar-refractivity contribution in [1.82, 2.24) is 10.3 Å². The summed E-state index contributed by atoms with van der Waals surface area (Å²) in [5.41, 5.74) is 2.23. The van der Waals surface area contributed by atoms with Crippen LogP contribution in [0.5, 0.6) is 0 Å². The van der Waals surface area contributed by atoms with E-state index in [-0.39, 0.29) is 0 Å². The second kappa shape index (κ2) is 9.50. The summed E-state index contributed by atoms with van der Waals surface area (Å²) in [6.07, 6.45) is 3.78. The minimum atomic E-state index is 0.650. The number of hydrogen-bond acceptors (Lipinski definition) is 4. The summed E-state index contributed by atoms with van der Waals surface area (Å²) in [4.78, 5) is 6.65. The first kappa shape index (κ1) is 16.7. The van der Waals surface area contributed by atoms with Crippen molar-refractivity contribution >= 4 is 5.69 Å². The predicted molar refractivity (Wildman–Crippen MR) is 85.1 cm³/mol. The zero-order valence-corrected chi connectivity index (χ0v) is 12.9. The van der Waals surface area contributed by atoms with Crippen LogP contribution < -0.4 is 10.2 Å². The Kier molecular flexibility index (Phi) is 7.92. The van der Waals surface area contributed by atoms with Crippen LogP contribution in [0.3, 0.4) is 0 Å². The number of nitrogens with zero attached hydrogens (tertiary/aromatic N) is 2. The van der Waals surface area contributed by atoms with Crippen molar-refractivity contribution in [2.45, 2.75) is 20.4 Å². The van der Waals surface area contributed by atoms with Crippen molar-refractivity contribution in [3.63, 3.8) is 0 Å². The third-order valence-electron chi connectivity index (χ3n) is 2.94. The summed E-state index contributed by atoms with van der Waals surface area (Å²) in [7, 11) is 1.72. The molecule has 0 aliphatic heterocycles. The van der Waals surface area contributed by atoms with Gasteiger partial charge in [-0.3, -0.25) is 4.98 Å². The number of hydrogen-bond donors (Lipinski definition) is 1. The van der Waals surface area contributed by atoms with Crippen LogP contribution in [0.2, 0.25) is 0 Å². The highest BCUT2D eigenvalue weighted by Gasteiger charge is 2.06. The molecule has 0 fully saturated rings. The first-order chi connectivity index (χ1) is 9.67. The van der Waals surface area contributed by atoms with E-state index in [2.05, 4.69) is 41.7 Å². The standard InChI is InChI=1S/C16H27N3O/c1-5-8-19(9-10-20-4)16-6-7-18-15(11-16)13-17-12-14(2)3/h5-7,11,14,17H,1,8-10,12-13H2,2-4H3. The Morgan fingerprint density at radius 1 is 1.50 bits per heavy atom. The first-order valence-corrected chi connectivity index (χ1v) is 7.17. The van der Waals surface area contributed by atoms with E-state index in [1.165, 1.54) is 5.69 Å². The highest BCUT2D eigenvalue weighted by Crippen LogP contribution is 2.14. The van der Waals surface area contributed by atoms with E-state index in [0.717, 1.165) is 31.9 Å². The van der Waals surface area contributed by atoms with E-state index in [9.17, 15) is 0 Å². The smallest absolute Gasteiger partial charge is 0.0637 e. The van der Waals surface area contributed by atoms with Crippen LogP contribution in [0.25, 0.3) is 0 Å². The molecule has 1 heterocycles. The molecule has 0 saturated heterocycles. The number of aromatic nitrogens is 1. The average Bonchev–Trinajstić information content (AvgIpc) is 2.43. The minimum Gasteiger partial charge on any atom is -0.383 e. The van der Waals surface area contributed by atoms with Gasteiger partial charge >= 0.3 is 0 Å². The van der Waals surface area contributed by atoms with E-state index in [1.54, 1.807) is 7.11 Å². The van der Waals surface area contributed by atoms with Crippen molar-refractivity contribution < 1.29 is 4.74 Å². The Morgan fingerprint density at radius 2 is 2.30 bits per heavy atom. The highest BCUT2D eigenvalue weighted by atomic mass is 16.5. The molecule has 0 saturated carbocycles. The van der Waals surface area contributed by atoms with Crippen LogP contribution in [-0.2, 0) is 11.3 Å². The summed E-state index contributed by atoms with van der Waals surface area (Å²) in [5.74, 6) is 0.650. The van der Waals surface area contributed by atoms with Crippen LogP contribution >= 0.6 is 0 Å². The van der Waals surface area contributed by atoms with Crippen molar-refractivity contribution in [2.75, 3.05) is 38.3 Å². The zero-order chi connectivity index (χ0) is 14.8. The zero-order valence-electron chi connectivity index (χ0n) is 12.9. The lowest BCUT2D eigenvalue weighted by Gasteiger charge is -2.23. The molecule has 0 amide bonds. The van der Waals surface area contributed by atoms with Gasteiger partial charge < -0.3 is 15.0 Å². The lowest BCUT2D eigenvalue weighted by molar-refractivity contribution is 0.206. The van der Waals surface area contributed by atoms with Crippen molar-refractivity contribution in [3.8, 4) is 0 Å². The molecule has 20 heavy (non-hydrogen) atoms. The Balaban J connectivity index is 2.65. The number of pyridine rings is 1. The molecular weight excluding hydrogens is 250 g/mol. The number of methoxy groups -OCH3 is 1. The molecule has 1 rings (SSSR count). The van der Waals surface area contributed by atoms with Gasteiger partial charge in [-0.15, -0.1) is 6.58 Å². The van der Waals surface area contributed by atoms with Gasteiger partial charge in [0.2, 0.25) is 0 Å². The Labute approximate surface area is 122 Å². The molecule has 1 aromatic heterocycles. The summed E-state index contributed by atoms with van der Waals surface area (Å²) in [6, 6.07) is 4.16. The van der Waals surface area contributed by atoms with E-state index < -0.39 is 0 Å². The van der Waals surface area contributed by atoms with E-state index in [1.807, 2.05) is 18.3 Å². The summed E-state index contributed by atoms with van der Waals surface area (Å²) < 4.78 is 5.16. The second-order valence-corrected chi connectivity index (χ2v) is 5.26. The van der Waals surface area contributed by atoms with Gasteiger partial charge in [-0.1, -0.05) is 19.9 Å². The van der Waals surface area contributed by atoms with Crippen LogP contribution in [0.4, 0.5) is 5.69 Å². The number of ether oxygens (including phenoxy) is 1. The molecule has 0 unspecified atom stereocenters. The van der Waals surface area contributed by atoms with E-state index in [4.69, 9.17) is 4.74 Å². The Hall–Kier alpha value is -1.39. The molecule has 0 radical (unpaired) electrons. The molecule has 4 nitrogen and oxygen atoms in total. The topological polar surface area (TPSA) is 37.4 Å². The molecule has 1 aromatic rings. The van der Waals surface area contributed by atoms with Gasteiger partial charge in [0.05, 0.1) is 12.3 Å². The van der Waals surface area contributed by atoms with E-state index in [0.29, 0.717) is 12.5 Å².